The van der Waals surface area contributed by atoms with Crippen molar-refractivity contribution in [3.05, 3.63) is 0 Å². The van der Waals surface area contributed by atoms with E-state index in [1.165, 1.54) is 0 Å². The lowest BCUT2D eigenvalue weighted by atomic mass is 10.1. The zero-order valence-corrected chi connectivity index (χ0v) is 6.33. The predicted octanol–water partition coefficient (Wildman–Crippen LogP) is 2.17. The van der Waals surface area contributed by atoms with E-state index >= 15 is 0 Å². The van der Waals surface area contributed by atoms with Gasteiger partial charge in [-0.2, -0.15) is 0 Å². The minimum Gasteiger partial charge on any atom is -0.332 e. The molecule has 1 heterocycles. The van der Waals surface area contributed by atoms with Crippen LogP contribution in [0.25, 0.3) is 0 Å². The molecule has 0 N–H and O–H groups in total. The van der Waals surface area contributed by atoms with E-state index in [0.29, 0.717) is 5.92 Å². The summed E-state index contributed by atoms with van der Waals surface area (Å²) >= 11 is 11.3. The number of hydrogen-bond donors (Lipinski definition) is 0. The van der Waals surface area contributed by atoms with E-state index in [1.807, 2.05) is 13.8 Å². The van der Waals surface area contributed by atoms with E-state index in [0.717, 1.165) is 0 Å². The minimum absolute atomic E-state index is 0.274. The Labute approximate surface area is 58.9 Å². The molecular weight excluding hydrogens is 147 g/mol. The van der Waals surface area contributed by atoms with Gasteiger partial charge in [0, 0.05) is 5.92 Å². The van der Waals surface area contributed by atoms with Crippen LogP contribution in [0.5, 0.6) is 0 Å². The second-order valence-electron chi connectivity index (χ2n) is 2.29. The van der Waals surface area contributed by atoms with Crippen molar-refractivity contribution in [3.63, 3.8) is 0 Å². The van der Waals surface area contributed by atoms with Gasteiger partial charge in [0.2, 0.25) is 0 Å². The molecule has 0 aromatic carbocycles. The molecule has 0 aromatic rings. The summed E-state index contributed by atoms with van der Waals surface area (Å²) in [5.41, 5.74) is -0.274. The van der Waals surface area contributed by atoms with E-state index in [2.05, 4.69) is 0 Å². The third-order valence-electron chi connectivity index (χ3n) is 1.32. The molecule has 1 aliphatic rings. The van der Waals surface area contributed by atoms with Crippen molar-refractivity contribution in [2.75, 3.05) is 0 Å². The maximum atomic E-state index is 5.78. The Kier molecular flexibility index (Phi) is 1.46. The lowest BCUT2D eigenvalue weighted by Crippen LogP contribution is -2.11. The fourth-order valence-electron chi connectivity index (χ4n) is 0.523. The molecule has 48 valence electrons. The lowest BCUT2D eigenvalue weighted by Gasteiger charge is -2.04. The Morgan fingerprint density at radius 3 is 2.00 bits per heavy atom. The highest BCUT2D eigenvalue weighted by atomic mass is 35.5. The number of halogens is 2. The highest BCUT2D eigenvalue weighted by Crippen LogP contribution is 2.48. The Bertz CT molecular complexity index is 105. The molecule has 0 bridgehead atoms. The fraction of sp³-hybridized carbons (Fsp3) is 1.00. The molecule has 2 atom stereocenters. The summed E-state index contributed by atoms with van der Waals surface area (Å²) in [4.78, 5) is 0. The maximum Gasteiger partial charge on any atom is 0.186 e. The van der Waals surface area contributed by atoms with Crippen LogP contribution in [0.3, 0.4) is 0 Å². The molecule has 0 aromatic heterocycles. The predicted molar refractivity (Wildman–Crippen MR) is 34.1 cm³/mol. The quantitative estimate of drug-likeness (QED) is 0.417. The lowest BCUT2D eigenvalue weighted by molar-refractivity contribution is 0.318. The van der Waals surface area contributed by atoms with Gasteiger partial charge >= 0.3 is 0 Å². The van der Waals surface area contributed by atoms with E-state index in [4.69, 9.17) is 27.9 Å². The first-order valence-electron chi connectivity index (χ1n) is 2.58. The first kappa shape index (κ1) is 6.66. The van der Waals surface area contributed by atoms with E-state index in [9.17, 15) is 0 Å². The van der Waals surface area contributed by atoms with Crippen molar-refractivity contribution in [2.45, 2.75) is 24.5 Å². The van der Waals surface area contributed by atoms with Crippen LogP contribution < -0.4 is 0 Å². The molecule has 1 aliphatic heterocycles. The molecule has 3 heteroatoms. The molecule has 1 fully saturated rings. The highest BCUT2D eigenvalue weighted by Gasteiger charge is 2.56. The standard InChI is InChI=1S/C5H8Cl2O/c1-3(2)5(7)4(6)8-5/h3-4H,1-2H3/t4-,5-/m0/s1. The average molecular weight is 155 g/mol. The van der Waals surface area contributed by atoms with Gasteiger partial charge in [-0.3, -0.25) is 0 Å². The molecule has 0 spiro atoms. The third-order valence-corrected chi connectivity index (χ3v) is 2.57. The van der Waals surface area contributed by atoms with Crippen LogP contribution in [0, 0.1) is 5.92 Å². The molecule has 0 radical (unpaired) electrons. The van der Waals surface area contributed by atoms with Crippen LogP contribution >= 0.6 is 23.2 Å². The van der Waals surface area contributed by atoms with Crippen LogP contribution in [0.15, 0.2) is 0 Å². The monoisotopic (exact) mass is 154 g/mol. The second-order valence-corrected chi connectivity index (χ2v) is 3.27. The maximum absolute atomic E-state index is 5.78. The van der Waals surface area contributed by atoms with Crippen LogP contribution in [0.1, 0.15) is 13.8 Å². The Hall–Kier alpha value is 0.540. The van der Waals surface area contributed by atoms with Gasteiger partial charge in [-0.05, 0) is 0 Å². The van der Waals surface area contributed by atoms with Crippen LogP contribution in [-0.4, -0.2) is 10.6 Å². The zero-order chi connectivity index (χ0) is 6.36. The number of epoxide rings is 1. The van der Waals surface area contributed by atoms with Gasteiger partial charge in [-0.25, -0.2) is 0 Å². The van der Waals surface area contributed by atoms with E-state index < -0.39 is 5.06 Å². The van der Waals surface area contributed by atoms with Crippen LogP contribution in [0.2, 0.25) is 0 Å². The molecule has 8 heavy (non-hydrogen) atoms. The number of alkyl halides is 2. The highest BCUT2D eigenvalue weighted by molar-refractivity contribution is 6.34. The zero-order valence-electron chi connectivity index (χ0n) is 4.82. The van der Waals surface area contributed by atoms with Gasteiger partial charge in [-0.1, -0.05) is 37.0 Å². The minimum atomic E-state index is -0.554. The largest absolute Gasteiger partial charge is 0.332 e. The van der Waals surface area contributed by atoms with Crippen molar-refractivity contribution in [3.8, 4) is 0 Å². The van der Waals surface area contributed by atoms with Crippen molar-refractivity contribution in [2.24, 2.45) is 5.92 Å². The number of hydrogen-bond acceptors (Lipinski definition) is 1. The molecular formula is C5H8Cl2O. The van der Waals surface area contributed by atoms with Crippen molar-refractivity contribution >= 4 is 23.2 Å². The summed E-state index contributed by atoms with van der Waals surface area (Å²) in [5, 5.41) is -0.554. The topological polar surface area (TPSA) is 12.5 Å². The molecule has 1 rings (SSSR count). The van der Waals surface area contributed by atoms with Gasteiger partial charge < -0.3 is 4.74 Å². The molecule has 1 saturated heterocycles. The third kappa shape index (κ3) is 0.831. The van der Waals surface area contributed by atoms with Gasteiger partial charge in [0.1, 0.15) is 0 Å². The number of rotatable bonds is 1. The molecule has 0 aliphatic carbocycles. The number of ether oxygens (including phenoxy) is 1. The normalized spacial score (nSPS) is 45.4. The van der Waals surface area contributed by atoms with E-state index in [1.54, 1.807) is 0 Å². The summed E-state index contributed by atoms with van der Waals surface area (Å²) in [6, 6.07) is 0. The molecule has 1 nitrogen and oxygen atoms in total. The van der Waals surface area contributed by atoms with Crippen LogP contribution in [-0.2, 0) is 4.74 Å². The summed E-state index contributed by atoms with van der Waals surface area (Å²) in [6.07, 6.45) is 0. The smallest absolute Gasteiger partial charge is 0.186 e. The first-order valence-corrected chi connectivity index (χ1v) is 3.39. The first-order chi connectivity index (χ1) is 3.57. The van der Waals surface area contributed by atoms with Gasteiger partial charge in [0.15, 0.2) is 10.6 Å². The van der Waals surface area contributed by atoms with E-state index in [-0.39, 0.29) is 5.56 Å². The fourth-order valence-corrected chi connectivity index (χ4v) is 1.06. The SMILES string of the molecule is CC(C)[C@]1(Cl)O[C@@H]1Cl. The summed E-state index contributed by atoms with van der Waals surface area (Å²) < 4.78 is 4.90. The molecule has 0 unspecified atom stereocenters. The average Bonchev–Trinajstić information content (AvgIpc) is 2.17. The van der Waals surface area contributed by atoms with Crippen molar-refractivity contribution < 1.29 is 4.74 Å². The summed E-state index contributed by atoms with van der Waals surface area (Å²) in [7, 11) is 0. The molecule has 0 saturated carbocycles. The second kappa shape index (κ2) is 1.76. The van der Waals surface area contributed by atoms with Gasteiger partial charge in [0.25, 0.3) is 0 Å². The summed E-state index contributed by atoms with van der Waals surface area (Å²) in [6.45, 7) is 3.96. The Balaban J connectivity index is 2.47. The van der Waals surface area contributed by atoms with Gasteiger partial charge in [0.05, 0.1) is 0 Å². The van der Waals surface area contributed by atoms with Crippen molar-refractivity contribution in [1.29, 1.82) is 0 Å². The van der Waals surface area contributed by atoms with Gasteiger partial charge in [-0.15, -0.1) is 0 Å². The Morgan fingerprint density at radius 1 is 1.62 bits per heavy atom. The Morgan fingerprint density at radius 2 is 2.00 bits per heavy atom. The van der Waals surface area contributed by atoms with Crippen molar-refractivity contribution in [1.82, 2.24) is 0 Å². The summed E-state index contributed by atoms with van der Waals surface area (Å²) in [5.74, 6) is 0.298. The molecule has 0 amide bonds. The van der Waals surface area contributed by atoms with Crippen LogP contribution in [0.4, 0.5) is 0 Å².